The van der Waals surface area contributed by atoms with Crippen molar-refractivity contribution in [3.05, 3.63) is 48.2 Å². The fraction of sp³-hybridized carbons (Fsp3) is 0.300. The predicted molar refractivity (Wildman–Crippen MR) is 108 cm³/mol. The number of nitrogens with one attached hydrogen (secondary N) is 2. The molecule has 1 unspecified atom stereocenters. The minimum atomic E-state index is -0.253. The molecule has 8 heteroatoms. The van der Waals surface area contributed by atoms with E-state index in [1.54, 1.807) is 6.20 Å². The lowest BCUT2D eigenvalue weighted by atomic mass is 9.97. The van der Waals surface area contributed by atoms with Crippen LogP contribution in [0.5, 0.6) is 0 Å². The standard InChI is InChI=1S/C20H23N7O/c1-13-4-6-14(7-5-13)16-11-17(26-25-16)23-20-22-9-8-18(24-20)27-10-2-3-15(12-27)19(21)28/h4-9,11,15H,2-3,10,12H2,1H3,(H2,21,28)(H2,22,23,24,25,26). The number of hydrogen-bond acceptors (Lipinski definition) is 6. The van der Waals surface area contributed by atoms with Crippen molar-refractivity contribution in [3.63, 3.8) is 0 Å². The van der Waals surface area contributed by atoms with Crippen LogP contribution in [0.1, 0.15) is 18.4 Å². The number of anilines is 3. The van der Waals surface area contributed by atoms with Crippen molar-refractivity contribution in [2.24, 2.45) is 11.7 Å². The van der Waals surface area contributed by atoms with Gasteiger partial charge in [0, 0.05) is 25.4 Å². The Bertz CT molecular complexity index is 967. The Morgan fingerprint density at radius 1 is 1.29 bits per heavy atom. The number of rotatable bonds is 5. The van der Waals surface area contributed by atoms with Gasteiger partial charge in [-0.2, -0.15) is 10.1 Å². The highest BCUT2D eigenvalue weighted by molar-refractivity contribution is 5.77. The number of nitrogens with two attached hydrogens (primary N) is 1. The SMILES string of the molecule is Cc1ccc(-c2cc(Nc3nccc(N4CCCC(C(N)=O)C4)n3)n[nH]2)cc1. The minimum Gasteiger partial charge on any atom is -0.369 e. The summed E-state index contributed by atoms with van der Waals surface area (Å²) < 4.78 is 0. The predicted octanol–water partition coefficient (Wildman–Crippen LogP) is 2.62. The first-order valence-electron chi connectivity index (χ1n) is 9.35. The van der Waals surface area contributed by atoms with Gasteiger partial charge >= 0.3 is 0 Å². The van der Waals surface area contributed by atoms with E-state index >= 15 is 0 Å². The average molecular weight is 377 g/mol. The van der Waals surface area contributed by atoms with Gasteiger partial charge in [0.15, 0.2) is 5.82 Å². The van der Waals surface area contributed by atoms with Crippen LogP contribution >= 0.6 is 0 Å². The van der Waals surface area contributed by atoms with E-state index in [4.69, 9.17) is 5.73 Å². The third-order valence-electron chi connectivity index (χ3n) is 4.97. The molecule has 1 aliphatic rings. The zero-order chi connectivity index (χ0) is 19.5. The van der Waals surface area contributed by atoms with Gasteiger partial charge in [0.25, 0.3) is 0 Å². The van der Waals surface area contributed by atoms with Gasteiger partial charge in [-0.05, 0) is 31.4 Å². The van der Waals surface area contributed by atoms with Gasteiger partial charge in [-0.25, -0.2) is 4.98 Å². The van der Waals surface area contributed by atoms with Crippen LogP contribution in [0.3, 0.4) is 0 Å². The first-order valence-corrected chi connectivity index (χ1v) is 9.35. The molecule has 1 aliphatic heterocycles. The molecule has 144 valence electrons. The van der Waals surface area contributed by atoms with E-state index in [1.807, 2.05) is 12.1 Å². The van der Waals surface area contributed by atoms with Crippen LogP contribution in [0.25, 0.3) is 11.3 Å². The largest absolute Gasteiger partial charge is 0.369 e. The van der Waals surface area contributed by atoms with Gasteiger partial charge in [0.2, 0.25) is 11.9 Å². The van der Waals surface area contributed by atoms with Crippen molar-refractivity contribution < 1.29 is 4.79 Å². The third-order valence-corrected chi connectivity index (χ3v) is 4.97. The van der Waals surface area contributed by atoms with Crippen molar-refractivity contribution in [2.45, 2.75) is 19.8 Å². The zero-order valence-corrected chi connectivity index (χ0v) is 15.7. The fourth-order valence-electron chi connectivity index (χ4n) is 3.38. The van der Waals surface area contributed by atoms with Gasteiger partial charge in [0.1, 0.15) is 5.82 Å². The molecule has 28 heavy (non-hydrogen) atoms. The van der Waals surface area contributed by atoms with E-state index in [1.165, 1.54) is 5.56 Å². The number of hydrogen-bond donors (Lipinski definition) is 3. The number of aromatic amines is 1. The topological polar surface area (TPSA) is 113 Å². The lowest BCUT2D eigenvalue weighted by molar-refractivity contribution is -0.122. The Balaban J connectivity index is 1.48. The van der Waals surface area contributed by atoms with Gasteiger partial charge in [-0.3, -0.25) is 9.89 Å². The van der Waals surface area contributed by atoms with Crippen molar-refractivity contribution in [1.29, 1.82) is 0 Å². The lowest BCUT2D eigenvalue weighted by Crippen LogP contribution is -2.41. The number of aromatic nitrogens is 4. The first-order chi connectivity index (χ1) is 13.6. The number of aryl methyl sites for hydroxylation is 1. The molecule has 3 aromatic rings. The number of carbonyl (C=O) groups excluding carboxylic acids is 1. The maximum atomic E-state index is 11.5. The molecule has 4 N–H and O–H groups in total. The lowest BCUT2D eigenvalue weighted by Gasteiger charge is -2.32. The summed E-state index contributed by atoms with van der Waals surface area (Å²) in [6, 6.07) is 12.0. The van der Waals surface area contributed by atoms with Crippen molar-refractivity contribution >= 4 is 23.5 Å². The molecule has 1 fully saturated rings. The zero-order valence-electron chi connectivity index (χ0n) is 15.7. The summed E-state index contributed by atoms with van der Waals surface area (Å²) in [6.07, 6.45) is 3.45. The molecule has 1 aromatic carbocycles. The Labute approximate surface area is 163 Å². The summed E-state index contributed by atoms with van der Waals surface area (Å²) >= 11 is 0. The van der Waals surface area contributed by atoms with Gasteiger partial charge < -0.3 is 16.0 Å². The Hall–Kier alpha value is -3.42. The van der Waals surface area contributed by atoms with E-state index in [2.05, 4.69) is 61.6 Å². The van der Waals surface area contributed by atoms with Crippen LogP contribution in [0, 0.1) is 12.8 Å². The molecule has 1 saturated heterocycles. The van der Waals surface area contributed by atoms with E-state index < -0.39 is 0 Å². The molecule has 0 bridgehead atoms. The van der Waals surface area contributed by atoms with Gasteiger partial charge in [-0.1, -0.05) is 29.8 Å². The summed E-state index contributed by atoms with van der Waals surface area (Å²) in [6.45, 7) is 3.49. The third kappa shape index (κ3) is 3.95. The van der Waals surface area contributed by atoms with Crippen LogP contribution < -0.4 is 16.0 Å². The van der Waals surface area contributed by atoms with Gasteiger partial charge in [-0.15, -0.1) is 0 Å². The average Bonchev–Trinajstić information content (AvgIpc) is 3.17. The number of primary amides is 1. The van der Waals surface area contributed by atoms with Crippen LogP contribution in [0.15, 0.2) is 42.6 Å². The Morgan fingerprint density at radius 3 is 2.89 bits per heavy atom. The summed E-state index contributed by atoms with van der Waals surface area (Å²) in [5.74, 6) is 1.49. The summed E-state index contributed by atoms with van der Waals surface area (Å²) in [5.41, 5.74) is 8.66. The van der Waals surface area contributed by atoms with Crippen molar-refractivity contribution in [3.8, 4) is 11.3 Å². The van der Waals surface area contributed by atoms with E-state index in [-0.39, 0.29) is 11.8 Å². The molecule has 0 radical (unpaired) electrons. The van der Waals surface area contributed by atoms with Gasteiger partial charge in [0.05, 0.1) is 11.6 Å². The van der Waals surface area contributed by atoms with E-state index in [9.17, 15) is 4.79 Å². The van der Waals surface area contributed by atoms with Crippen LogP contribution in [-0.4, -0.2) is 39.2 Å². The second-order valence-electron chi connectivity index (χ2n) is 7.08. The maximum Gasteiger partial charge on any atom is 0.230 e. The van der Waals surface area contributed by atoms with E-state index in [0.29, 0.717) is 18.3 Å². The van der Waals surface area contributed by atoms with Crippen LogP contribution in [-0.2, 0) is 4.79 Å². The molecule has 0 saturated carbocycles. The summed E-state index contributed by atoms with van der Waals surface area (Å²) in [4.78, 5) is 22.5. The Kier molecular flexibility index (Phi) is 4.92. The second kappa shape index (κ2) is 7.67. The first kappa shape index (κ1) is 18.0. The monoisotopic (exact) mass is 377 g/mol. The number of H-pyrrole nitrogens is 1. The number of amides is 1. The number of piperidine rings is 1. The molecule has 0 spiro atoms. The smallest absolute Gasteiger partial charge is 0.230 e. The van der Waals surface area contributed by atoms with Crippen LogP contribution in [0.2, 0.25) is 0 Å². The van der Waals surface area contributed by atoms with Crippen LogP contribution in [0.4, 0.5) is 17.6 Å². The highest BCUT2D eigenvalue weighted by Gasteiger charge is 2.25. The van der Waals surface area contributed by atoms with Crippen molar-refractivity contribution in [2.75, 3.05) is 23.3 Å². The molecular weight excluding hydrogens is 354 g/mol. The Morgan fingerprint density at radius 2 is 2.11 bits per heavy atom. The molecule has 1 atom stereocenters. The molecule has 8 nitrogen and oxygen atoms in total. The molecule has 2 aromatic heterocycles. The molecular formula is C20H23N7O. The molecule has 4 rings (SSSR count). The number of carbonyl (C=O) groups is 1. The number of nitrogens with zero attached hydrogens (tertiary/aromatic N) is 4. The summed E-state index contributed by atoms with van der Waals surface area (Å²) in [5, 5.41) is 10.5. The quantitative estimate of drug-likeness (QED) is 0.630. The second-order valence-corrected chi connectivity index (χ2v) is 7.08. The highest BCUT2D eigenvalue weighted by Crippen LogP contribution is 2.24. The normalized spacial score (nSPS) is 16.8. The molecule has 1 amide bonds. The fourth-order valence-corrected chi connectivity index (χ4v) is 3.38. The summed E-state index contributed by atoms with van der Waals surface area (Å²) in [7, 11) is 0. The number of benzene rings is 1. The molecule has 0 aliphatic carbocycles. The molecule has 3 heterocycles. The van der Waals surface area contributed by atoms with Crippen molar-refractivity contribution in [1.82, 2.24) is 20.2 Å². The minimum absolute atomic E-state index is 0.136. The maximum absolute atomic E-state index is 11.5. The van der Waals surface area contributed by atoms with E-state index in [0.717, 1.165) is 36.5 Å². The highest BCUT2D eigenvalue weighted by atomic mass is 16.1.